The maximum absolute atomic E-state index is 12.4. The molecule has 0 saturated carbocycles. The molecule has 2 aromatic rings. The lowest BCUT2D eigenvalue weighted by Gasteiger charge is -2.10. The van der Waals surface area contributed by atoms with Gasteiger partial charge in [-0.2, -0.15) is 0 Å². The highest BCUT2D eigenvalue weighted by Crippen LogP contribution is 2.21. The molecule has 5 nitrogen and oxygen atoms in total. The number of carbonyl (C=O) groups is 1. The fraction of sp³-hybridized carbons (Fsp3) is 0.316. The second-order valence-electron chi connectivity index (χ2n) is 6.53. The molecule has 0 aliphatic heterocycles. The standard InChI is InChI=1S/C19H23ClN2O3S/c1-13(2)9-10-21-26(24,25)17-6-4-5-15(11-17)19(23)22-16-8-7-14(3)18(20)12-16/h4-8,11-13,21H,9-10H2,1-3H3,(H,22,23). The molecule has 0 heterocycles. The first kappa shape index (κ1) is 20.4. The topological polar surface area (TPSA) is 75.3 Å². The maximum atomic E-state index is 12.4. The Labute approximate surface area is 159 Å². The van der Waals surface area contributed by atoms with Crippen LogP contribution in [0.5, 0.6) is 0 Å². The van der Waals surface area contributed by atoms with Gasteiger partial charge >= 0.3 is 0 Å². The molecule has 2 rings (SSSR count). The minimum absolute atomic E-state index is 0.0656. The molecule has 0 spiro atoms. The summed E-state index contributed by atoms with van der Waals surface area (Å²) in [7, 11) is -3.65. The Bertz CT molecular complexity index is 895. The van der Waals surface area contributed by atoms with Crippen LogP contribution >= 0.6 is 11.6 Å². The number of amides is 1. The minimum Gasteiger partial charge on any atom is -0.322 e. The normalized spacial score (nSPS) is 11.6. The van der Waals surface area contributed by atoms with Crippen LogP contribution in [0.3, 0.4) is 0 Å². The Morgan fingerprint density at radius 3 is 2.54 bits per heavy atom. The molecule has 0 aromatic heterocycles. The molecule has 1 amide bonds. The van der Waals surface area contributed by atoms with Crippen LogP contribution in [0.1, 0.15) is 36.2 Å². The van der Waals surface area contributed by atoms with Crippen LogP contribution in [-0.4, -0.2) is 20.9 Å². The van der Waals surface area contributed by atoms with E-state index in [1.54, 1.807) is 30.3 Å². The van der Waals surface area contributed by atoms with E-state index in [4.69, 9.17) is 11.6 Å². The summed E-state index contributed by atoms with van der Waals surface area (Å²) in [6, 6.07) is 11.2. The molecule has 2 N–H and O–H groups in total. The summed E-state index contributed by atoms with van der Waals surface area (Å²) in [5.41, 5.74) is 1.72. The molecular formula is C19H23ClN2O3S. The fourth-order valence-electron chi connectivity index (χ4n) is 2.24. The number of halogens is 1. The number of anilines is 1. The second-order valence-corrected chi connectivity index (χ2v) is 8.70. The first-order valence-corrected chi connectivity index (χ1v) is 10.2. The molecule has 2 aromatic carbocycles. The number of sulfonamides is 1. The van der Waals surface area contributed by atoms with Crippen molar-refractivity contribution in [1.29, 1.82) is 0 Å². The van der Waals surface area contributed by atoms with E-state index in [9.17, 15) is 13.2 Å². The van der Waals surface area contributed by atoms with Crippen molar-refractivity contribution >= 4 is 33.2 Å². The van der Waals surface area contributed by atoms with Gasteiger partial charge in [-0.1, -0.05) is 37.6 Å². The Morgan fingerprint density at radius 1 is 1.15 bits per heavy atom. The lowest BCUT2D eigenvalue weighted by Crippen LogP contribution is -2.26. The zero-order valence-electron chi connectivity index (χ0n) is 15.0. The monoisotopic (exact) mass is 394 g/mol. The molecule has 0 fully saturated rings. The van der Waals surface area contributed by atoms with Gasteiger partial charge in [0, 0.05) is 22.8 Å². The van der Waals surface area contributed by atoms with Crippen molar-refractivity contribution in [3.63, 3.8) is 0 Å². The first-order valence-electron chi connectivity index (χ1n) is 8.36. The third kappa shape index (κ3) is 5.56. The molecule has 0 aliphatic carbocycles. The summed E-state index contributed by atoms with van der Waals surface area (Å²) < 4.78 is 27.3. The molecule has 0 radical (unpaired) electrons. The van der Waals surface area contributed by atoms with Crippen LogP contribution in [0.15, 0.2) is 47.4 Å². The van der Waals surface area contributed by atoms with Gasteiger partial charge in [0.25, 0.3) is 5.91 Å². The predicted molar refractivity (Wildman–Crippen MR) is 105 cm³/mol. The zero-order chi connectivity index (χ0) is 19.3. The summed E-state index contributed by atoms with van der Waals surface area (Å²) in [6.45, 7) is 6.28. The molecule has 0 atom stereocenters. The van der Waals surface area contributed by atoms with Gasteiger partial charge in [0.2, 0.25) is 10.0 Å². The molecular weight excluding hydrogens is 372 g/mol. The highest BCUT2D eigenvalue weighted by molar-refractivity contribution is 7.89. The molecule has 0 unspecified atom stereocenters. The van der Waals surface area contributed by atoms with Gasteiger partial charge in [-0.15, -0.1) is 0 Å². The lowest BCUT2D eigenvalue weighted by atomic mass is 10.1. The van der Waals surface area contributed by atoms with E-state index >= 15 is 0 Å². The average Bonchev–Trinajstić information content (AvgIpc) is 2.58. The number of carbonyl (C=O) groups excluding carboxylic acids is 1. The van der Waals surface area contributed by atoms with Crippen LogP contribution in [-0.2, 0) is 10.0 Å². The summed E-state index contributed by atoms with van der Waals surface area (Å²) >= 11 is 6.06. The van der Waals surface area contributed by atoms with E-state index in [2.05, 4.69) is 10.0 Å². The Balaban J connectivity index is 2.14. The van der Waals surface area contributed by atoms with Gasteiger partial charge in [0.05, 0.1) is 4.90 Å². The van der Waals surface area contributed by atoms with Crippen LogP contribution in [0.2, 0.25) is 5.02 Å². The Morgan fingerprint density at radius 2 is 1.88 bits per heavy atom. The second kappa shape index (κ2) is 8.66. The number of hydrogen-bond acceptors (Lipinski definition) is 3. The maximum Gasteiger partial charge on any atom is 0.255 e. The van der Waals surface area contributed by atoms with E-state index in [1.165, 1.54) is 12.1 Å². The summed E-state index contributed by atoms with van der Waals surface area (Å²) in [5, 5.41) is 3.27. The van der Waals surface area contributed by atoms with Gasteiger partial charge in [-0.05, 0) is 55.2 Å². The molecule has 7 heteroatoms. The van der Waals surface area contributed by atoms with Crippen LogP contribution in [0, 0.1) is 12.8 Å². The van der Waals surface area contributed by atoms with Gasteiger partial charge in [-0.25, -0.2) is 13.1 Å². The van der Waals surface area contributed by atoms with Crippen molar-refractivity contribution in [3.8, 4) is 0 Å². The number of benzene rings is 2. The number of rotatable bonds is 7. The van der Waals surface area contributed by atoms with Crippen LogP contribution in [0.25, 0.3) is 0 Å². The van der Waals surface area contributed by atoms with Crippen molar-refractivity contribution in [2.45, 2.75) is 32.1 Å². The van der Waals surface area contributed by atoms with Crippen LogP contribution < -0.4 is 10.0 Å². The molecule has 0 bridgehead atoms. The van der Waals surface area contributed by atoms with E-state index in [0.29, 0.717) is 23.2 Å². The van der Waals surface area contributed by atoms with Crippen molar-refractivity contribution in [2.24, 2.45) is 5.92 Å². The van der Waals surface area contributed by atoms with Gasteiger partial charge in [0.1, 0.15) is 0 Å². The third-order valence-corrected chi connectivity index (χ3v) is 5.72. The average molecular weight is 395 g/mol. The lowest BCUT2D eigenvalue weighted by molar-refractivity contribution is 0.102. The summed E-state index contributed by atoms with van der Waals surface area (Å²) in [5.74, 6) is 0.000274. The van der Waals surface area contributed by atoms with E-state index in [1.807, 2.05) is 20.8 Å². The van der Waals surface area contributed by atoms with E-state index < -0.39 is 15.9 Å². The smallest absolute Gasteiger partial charge is 0.255 e. The first-order chi connectivity index (χ1) is 12.2. The highest BCUT2D eigenvalue weighted by Gasteiger charge is 2.16. The fourth-order valence-corrected chi connectivity index (χ4v) is 3.52. The Hall–Kier alpha value is -1.89. The number of aryl methyl sites for hydroxylation is 1. The third-order valence-electron chi connectivity index (χ3n) is 3.85. The largest absolute Gasteiger partial charge is 0.322 e. The predicted octanol–water partition coefficient (Wildman–Crippen LogP) is 4.23. The van der Waals surface area contributed by atoms with Crippen LogP contribution in [0.4, 0.5) is 5.69 Å². The summed E-state index contributed by atoms with van der Waals surface area (Å²) in [4.78, 5) is 12.5. The van der Waals surface area contributed by atoms with Crippen molar-refractivity contribution in [2.75, 3.05) is 11.9 Å². The van der Waals surface area contributed by atoms with Gasteiger partial charge in [-0.3, -0.25) is 4.79 Å². The molecule has 140 valence electrons. The Kier molecular flexibility index (Phi) is 6.81. The van der Waals surface area contributed by atoms with Gasteiger partial charge in [0.15, 0.2) is 0 Å². The highest BCUT2D eigenvalue weighted by atomic mass is 35.5. The van der Waals surface area contributed by atoms with E-state index in [-0.39, 0.29) is 10.5 Å². The quantitative estimate of drug-likeness (QED) is 0.738. The minimum atomic E-state index is -3.65. The van der Waals surface area contributed by atoms with Crippen molar-refractivity contribution in [3.05, 3.63) is 58.6 Å². The zero-order valence-corrected chi connectivity index (χ0v) is 16.6. The van der Waals surface area contributed by atoms with Crippen molar-refractivity contribution in [1.82, 2.24) is 4.72 Å². The van der Waals surface area contributed by atoms with Crippen molar-refractivity contribution < 1.29 is 13.2 Å². The summed E-state index contributed by atoms with van der Waals surface area (Å²) in [6.07, 6.45) is 0.744. The number of nitrogens with one attached hydrogen (secondary N) is 2. The van der Waals surface area contributed by atoms with Gasteiger partial charge < -0.3 is 5.32 Å². The molecule has 0 aliphatic rings. The van der Waals surface area contributed by atoms with E-state index in [0.717, 1.165) is 12.0 Å². The SMILES string of the molecule is Cc1ccc(NC(=O)c2cccc(S(=O)(=O)NCCC(C)C)c2)cc1Cl. The molecule has 26 heavy (non-hydrogen) atoms. The molecule has 0 saturated heterocycles. The number of hydrogen-bond donors (Lipinski definition) is 2.